The lowest BCUT2D eigenvalue weighted by atomic mass is 9.92. The van der Waals surface area contributed by atoms with Gasteiger partial charge in [-0.25, -0.2) is 37.8 Å². The second-order valence-corrected chi connectivity index (χ2v) is 14.4. The number of rotatable bonds is 10. The van der Waals surface area contributed by atoms with Crippen molar-refractivity contribution in [2.45, 2.75) is 76.8 Å². The van der Waals surface area contributed by atoms with E-state index in [1.165, 1.54) is 23.5 Å². The Labute approximate surface area is 276 Å². The van der Waals surface area contributed by atoms with Crippen molar-refractivity contribution < 1.29 is 37.3 Å². The number of carbonyl (C=O) groups excluding carboxylic acids is 1. The van der Waals surface area contributed by atoms with Crippen molar-refractivity contribution in [2.75, 3.05) is 39.8 Å². The number of thiazole rings is 1. The number of aromatic nitrogens is 1. The number of nitrogens with one attached hydrogen (secondary N) is 1. The van der Waals surface area contributed by atoms with Crippen LogP contribution in [0.4, 0.5) is 13.2 Å². The molecule has 3 atom stereocenters. The normalized spacial score (nSPS) is 23.9. The molecule has 3 aliphatic rings. The summed E-state index contributed by atoms with van der Waals surface area (Å²) in [5.74, 6) is -5.22. The molecule has 15 heteroatoms. The molecule has 2 N–H and O–H groups in total. The molecular weight excluding hydrogens is 637 g/mol. The SMILES string of the molecule is Cc1c(F)cccc1[C@@H]1N=C(c2nccs2)NC(CN2CC(F)(F)C3C2CN(C)N3CCOC(C)(C)C(=O)OC(C)(C)C)=C1C(=O)O. The topological polar surface area (TPSA) is 120 Å². The van der Waals surface area contributed by atoms with E-state index in [1.807, 2.05) is 0 Å². The first-order valence-electron chi connectivity index (χ1n) is 15.3. The van der Waals surface area contributed by atoms with Gasteiger partial charge in [0.15, 0.2) is 16.4 Å². The Morgan fingerprint density at radius 1 is 1.21 bits per heavy atom. The number of carboxylic acids is 1. The summed E-state index contributed by atoms with van der Waals surface area (Å²) in [6, 6.07) is 1.43. The van der Waals surface area contributed by atoms with Crippen molar-refractivity contribution in [1.29, 1.82) is 0 Å². The number of carbonyl (C=O) groups is 2. The number of alkyl halides is 2. The number of amidine groups is 1. The predicted molar refractivity (Wildman–Crippen MR) is 170 cm³/mol. The number of aliphatic imine (C=N–C) groups is 1. The molecule has 2 aromatic rings. The highest BCUT2D eigenvalue weighted by Gasteiger charge is 2.61. The van der Waals surface area contributed by atoms with Gasteiger partial charge >= 0.3 is 11.9 Å². The highest BCUT2D eigenvalue weighted by Crippen LogP contribution is 2.42. The third-order valence-corrected chi connectivity index (χ3v) is 9.30. The quantitative estimate of drug-likeness (QED) is 0.357. The molecule has 1 aromatic heterocycles. The molecule has 0 saturated carbocycles. The van der Waals surface area contributed by atoms with Crippen LogP contribution in [-0.2, 0) is 19.1 Å². The van der Waals surface area contributed by atoms with Gasteiger partial charge in [0.25, 0.3) is 5.92 Å². The van der Waals surface area contributed by atoms with Crippen LogP contribution < -0.4 is 5.32 Å². The number of esters is 1. The third-order valence-electron chi connectivity index (χ3n) is 8.52. The van der Waals surface area contributed by atoms with E-state index in [-0.39, 0.29) is 48.9 Å². The molecule has 0 amide bonds. The number of hydrazine groups is 1. The molecule has 0 spiro atoms. The Morgan fingerprint density at radius 2 is 1.94 bits per heavy atom. The van der Waals surface area contributed by atoms with Crippen LogP contribution in [0.25, 0.3) is 0 Å². The Bertz CT molecular complexity index is 1580. The summed E-state index contributed by atoms with van der Waals surface area (Å²) in [5, 5.41) is 19.0. The van der Waals surface area contributed by atoms with E-state index in [2.05, 4.69) is 15.3 Å². The molecule has 1 aromatic carbocycles. The molecule has 0 aliphatic carbocycles. The number of nitrogens with zero attached hydrogens (tertiary/aromatic N) is 5. The van der Waals surface area contributed by atoms with Crippen LogP contribution >= 0.6 is 11.3 Å². The highest BCUT2D eigenvalue weighted by atomic mass is 32.1. The number of carboxylic acid groups (broad SMARTS) is 1. The van der Waals surface area contributed by atoms with E-state index in [9.17, 15) is 19.1 Å². The van der Waals surface area contributed by atoms with Crippen LogP contribution in [0.2, 0.25) is 0 Å². The van der Waals surface area contributed by atoms with Crippen molar-refractivity contribution in [2.24, 2.45) is 4.99 Å². The summed E-state index contributed by atoms with van der Waals surface area (Å²) in [6.45, 7) is 9.56. The Hall–Kier alpha value is -3.37. The van der Waals surface area contributed by atoms with Crippen molar-refractivity contribution in [3.8, 4) is 0 Å². The Morgan fingerprint density at radius 3 is 2.57 bits per heavy atom. The highest BCUT2D eigenvalue weighted by molar-refractivity contribution is 7.11. The molecule has 0 radical (unpaired) electrons. The number of benzene rings is 1. The minimum atomic E-state index is -3.15. The zero-order chi connectivity index (χ0) is 34.5. The molecule has 2 unspecified atom stereocenters. The van der Waals surface area contributed by atoms with Crippen LogP contribution in [-0.4, -0.2) is 112 Å². The lowest BCUT2D eigenvalue weighted by Crippen LogP contribution is -2.50. The van der Waals surface area contributed by atoms with Crippen LogP contribution in [0.3, 0.4) is 0 Å². The first-order valence-corrected chi connectivity index (χ1v) is 16.2. The molecular formula is C32H41F3N6O5S. The monoisotopic (exact) mass is 678 g/mol. The molecule has 5 rings (SSSR count). The molecule has 2 saturated heterocycles. The number of hydrogen-bond donors (Lipinski definition) is 2. The number of likely N-dealkylation sites (tertiary alicyclic amines) is 1. The molecule has 0 bridgehead atoms. The van der Waals surface area contributed by atoms with Crippen molar-refractivity contribution >= 4 is 29.1 Å². The van der Waals surface area contributed by atoms with Gasteiger partial charge in [-0.1, -0.05) is 12.1 Å². The van der Waals surface area contributed by atoms with E-state index < -0.39 is 59.6 Å². The summed E-state index contributed by atoms with van der Waals surface area (Å²) >= 11 is 1.28. The minimum absolute atomic E-state index is 0.00590. The zero-order valence-electron chi connectivity index (χ0n) is 27.5. The summed E-state index contributed by atoms with van der Waals surface area (Å²) < 4.78 is 57.6. The Balaban J connectivity index is 1.40. The van der Waals surface area contributed by atoms with Gasteiger partial charge in [-0.15, -0.1) is 11.3 Å². The first kappa shape index (κ1) is 35.0. The number of ether oxygens (including phenoxy) is 2. The van der Waals surface area contributed by atoms with Gasteiger partial charge in [-0.2, -0.15) is 0 Å². The molecule has 3 aliphatic heterocycles. The third kappa shape index (κ3) is 7.23. The average Bonchev–Trinajstić information content (AvgIpc) is 3.66. The van der Waals surface area contributed by atoms with E-state index in [1.54, 1.807) is 81.2 Å². The second kappa shape index (κ2) is 12.9. The van der Waals surface area contributed by atoms with Gasteiger partial charge in [0.2, 0.25) is 0 Å². The largest absolute Gasteiger partial charge is 0.478 e. The number of likely N-dealkylation sites (N-methyl/N-ethyl adjacent to an activating group) is 1. The Kier molecular flexibility index (Phi) is 9.60. The standard InChI is InChI=1S/C32H41F3N6O5S/c1-18-19(9-8-10-20(18)33)24-23(28(42)43)21(37-26(38-24)27-36-11-14-47-27)15-40-17-32(34,35)25-22(40)16-39(7)41(25)12-13-45-31(5,6)29(44)46-30(2,3)4/h8-11,14,22,24-25H,12-13,15-17H2,1-7H3,(H,37,38)(H,42,43)/t22?,24-,25?/m0/s1. The fourth-order valence-electron chi connectivity index (χ4n) is 6.29. The number of fused-ring (bicyclic) bond motifs is 1. The van der Waals surface area contributed by atoms with Gasteiger partial charge in [0, 0.05) is 50.0 Å². The van der Waals surface area contributed by atoms with E-state index in [0.717, 1.165) is 0 Å². The van der Waals surface area contributed by atoms with Crippen molar-refractivity contribution in [3.63, 3.8) is 0 Å². The van der Waals surface area contributed by atoms with Crippen molar-refractivity contribution in [1.82, 2.24) is 25.2 Å². The lowest BCUT2D eigenvalue weighted by Gasteiger charge is -2.33. The lowest BCUT2D eigenvalue weighted by molar-refractivity contribution is -0.182. The molecule has 47 heavy (non-hydrogen) atoms. The zero-order valence-corrected chi connectivity index (χ0v) is 28.3. The van der Waals surface area contributed by atoms with Gasteiger partial charge in [0.1, 0.15) is 23.5 Å². The fraction of sp³-hybridized carbons (Fsp3) is 0.562. The minimum Gasteiger partial charge on any atom is -0.478 e. The maximum atomic E-state index is 15.8. The number of aliphatic carboxylic acids is 1. The number of halogens is 3. The second-order valence-electron chi connectivity index (χ2n) is 13.5. The summed E-state index contributed by atoms with van der Waals surface area (Å²) in [6.07, 6.45) is 1.58. The smallest absolute Gasteiger partial charge is 0.338 e. The van der Waals surface area contributed by atoms with E-state index in [0.29, 0.717) is 10.6 Å². The van der Waals surface area contributed by atoms with Crippen LogP contribution in [0.15, 0.2) is 46.0 Å². The molecule has 256 valence electrons. The van der Waals surface area contributed by atoms with Crippen LogP contribution in [0.1, 0.15) is 56.8 Å². The average molecular weight is 679 g/mol. The van der Waals surface area contributed by atoms with Crippen molar-refractivity contribution in [3.05, 3.63) is 63.0 Å². The summed E-state index contributed by atoms with van der Waals surface area (Å²) in [7, 11) is 1.71. The van der Waals surface area contributed by atoms with E-state index >= 15 is 8.78 Å². The maximum Gasteiger partial charge on any atom is 0.338 e. The van der Waals surface area contributed by atoms with Gasteiger partial charge < -0.3 is 19.9 Å². The van der Waals surface area contributed by atoms with E-state index in [4.69, 9.17) is 9.47 Å². The van der Waals surface area contributed by atoms with Crippen LogP contribution in [0.5, 0.6) is 0 Å². The predicted octanol–water partition coefficient (Wildman–Crippen LogP) is 4.01. The maximum absolute atomic E-state index is 15.8. The fourth-order valence-corrected chi connectivity index (χ4v) is 6.88. The first-order chi connectivity index (χ1) is 21.9. The van der Waals surface area contributed by atoms with Gasteiger partial charge in [0.05, 0.1) is 18.7 Å². The number of hydrogen-bond acceptors (Lipinski definition) is 11. The molecule has 11 nitrogen and oxygen atoms in total. The summed E-state index contributed by atoms with van der Waals surface area (Å²) in [5.41, 5.74) is -1.34. The molecule has 4 heterocycles. The molecule has 2 fully saturated rings. The van der Waals surface area contributed by atoms with Gasteiger partial charge in [-0.3, -0.25) is 9.89 Å². The van der Waals surface area contributed by atoms with Crippen LogP contribution in [0, 0.1) is 12.7 Å². The van der Waals surface area contributed by atoms with Gasteiger partial charge in [-0.05, 0) is 58.7 Å². The summed E-state index contributed by atoms with van der Waals surface area (Å²) in [4.78, 5) is 36.0.